The Hall–Kier alpha value is -3.30. The number of amides is 1. The van der Waals surface area contributed by atoms with E-state index in [0.717, 1.165) is 11.1 Å². The molecule has 1 amide bonds. The number of carbonyl (C=O) groups excluding carboxylic acids is 2. The molecule has 0 saturated carbocycles. The Morgan fingerprint density at radius 1 is 1.22 bits per heavy atom. The second-order valence-electron chi connectivity index (χ2n) is 5.47. The minimum absolute atomic E-state index is 0.0294. The maximum atomic E-state index is 11.8. The monoisotopic (exact) mass is 384 g/mol. The Kier molecular flexibility index (Phi) is 7.41. The van der Waals surface area contributed by atoms with Crippen LogP contribution in [0.2, 0.25) is 5.02 Å². The summed E-state index contributed by atoms with van der Waals surface area (Å²) in [4.78, 5) is 23.5. The molecule has 0 heterocycles. The van der Waals surface area contributed by atoms with E-state index < -0.39 is 18.5 Å². The number of nitrogens with zero attached hydrogens (tertiary/aromatic N) is 1. The Bertz CT molecular complexity index is 886. The maximum Gasteiger partial charge on any atom is 0.331 e. The van der Waals surface area contributed by atoms with Crippen molar-refractivity contribution in [3.05, 3.63) is 64.7 Å². The lowest BCUT2D eigenvalue weighted by molar-refractivity contribution is -0.142. The summed E-state index contributed by atoms with van der Waals surface area (Å²) in [5, 5.41) is 11.6. The number of anilines is 1. The molecule has 0 atom stereocenters. The van der Waals surface area contributed by atoms with E-state index in [0.29, 0.717) is 16.5 Å². The van der Waals surface area contributed by atoms with E-state index in [4.69, 9.17) is 26.3 Å². The quantitative estimate of drug-likeness (QED) is 0.580. The molecule has 27 heavy (non-hydrogen) atoms. The van der Waals surface area contributed by atoms with Crippen molar-refractivity contribution in [3.63, 3.8) is 0 Å². The van der Waals surface area contributed by atoms with Gasteiger partial charge in [0.15, 0.2) is 13.2 Å². The highest BCUT2D eigenvalue weighted by Gasteiger charge is 2.07. The van der Waals surface area contributed by atoms with E-state index in [9.17, 15) is 9.59 Å². The number of nitrogens with one attached hydrogen (secondary N) is 1. The van der Waals surface area contributed by atoms with Crippen molar-refractivity contribution >= 4 is 35.2 Å². The normalized spacial score (nSPS) is 10.3. The van der Waals surface area contributed by atoms with Crippen LogP contribution >= 0.6 is 11.6 Å². The van der Waals surface area contributed by atoms with Crippen LogP contribution in [-0.2, 0) is 14.3 Å². The van der Waals surface area contributed by atoms with Crippen LogP contribution in [0.5, 0.6) is 5.75 Å². The standard InChI is InChI=1S/C20H17ClN2O4/c1-14-2-6-16(12-18(14)21)23-19(24)13-27-20(25)9-5-15-3-7-17(8-4-15)26-11-10-22/h2-9,12H,11,13H2,1H3,(H,23,24)/b9-5+. The van der Waals surface area contributed by atoms with Gasteiger partial charge >= 0.3 is 5.97 Å². The van der Waals surface area contributed by atoms with Crippen LogP contribution in [0.4, 0.5) is 5.69 Å². The van der Waals surface area contributed by atoms with Gasteiger partial charge in [-0.15, -0.1) is 0 Å². The molecule has 0 bridgehead atoms. The molecule has 2 rings (SSSR count). The van der Waals surface area contributed by atoms with E-state index in [1.54, 1.807) is 48.5 Å². The third kappa shape index (κ3) is 6.84. The highest BCUT2D eigenvalue weighted by Crippen LogP contribution is 2.19. The Morgan fingerprint density at radius 3 is 2.63 bits per heavy atom. The minimum Gasteiger partial charge on any atom is -0.479 e. The lowest BCUT2D eigenvalue weighted by Gasteiger charge is -2.07. The lowest BCUT2D eigenvalue weighted by atomic mass is 10.2. The second-order valence-corrected chi connectivity index (χ2v) is 5.88. The van der Waals surface area contributed by atoms with Crippen molar-refractivity contribution in [1.29, 1.82) is 5.26 Å². The molecule has 0 fully saturated rings. The van der Waals surface area contributed by atoms with E-state index in [2.05, 4.69) is 5.32 Å². The van der Waals surface area contributed by atoms with Crippen LogP contribution < -0.4 is 10.1 Å². The number of hydrogen-bond donors (Lipinski definition) is 1. The van der Waals surface area contributed by atoms with Crippen molar-refractivity contribution in [2.75, 3.05) is 18.5 Å². The molecule has 7 heteroatoms. The average Bonchev–Trinajstić information content (AvgIpc) is 2.67. The summed E-state index contributed by atoms with van der Waals surface area (Å²) < 4.78 is 10.0. The molecule has 0 aliphatic carbocycles. The predicted molar refractivity (Wildman–Crippen MR) is 102 cm³/mol. The predicted octanol–water partition coefficient (Wildman–Crippen LogP) is 3.75. The molecular formula is C20H17ClN2O4. The highest BCUT2D eigenvalue weighted by molar-refractivity contribution is 6.31. The molecule has 0 unspecified atom stereocenters. The van der Waals surface area contributed by atoms with Crippen molar-refractivity contribution in [2.24, 2.45) is 0 Å². The number of aryl methyl sites for hydroxylation is 1. The molecule has 0 aliphatic heterocycles. The SMILES string of the molecule is Cc1ccc(NC(=O)COC(=O)/C=C/c2ccc(OCC#N)cc2)cc1Cl. The first-order chi connectivity index (χ1) is 13.0. The number of rotatable bonds is 7. The summed E-state index contributed by atoms with van der Waals surface area (Å²) in [5.74, 6) is -0.545. The van der Waals surface area contributed by atoms with Gasteiger partial charge in [-0.3, -0.25) is 4.79 Å². The maximum absolute atomic E-state index is 11.8. The van der Waals surface area contributed by atoms with Crippen LogP contribution in [0, 0.1) is 18.3 Å². The topological polar surface area (TPSA) is 88.4 Å². The third-order valence-corrected chi connectivity index (χ3v) is 3.80. The minimum atomic E-state index is -0.642. The zero-order valence-corrected chi connectivity index (χ0v) is 15.3. The van der Waals surface area contributed by atoms with Crippen molar-refractivity contribution in [3.8, 4) is 11.8 Å². The Labute approximate surface area is 162 Å². The number of esters is 1. The van der Waals surface area contributed by atoms with Crippen molar-refractivity contribution in [2.45, 2.75) is 6.92 Å². The fourth-order valence-corrected chi connectivity index (χ4v) is 2.19. The van der Waals surface area contributed by atoms with Gasteiger partial charge in [-0.2, -0.15) is 5.26 Å². The molecule has 2 aromatic rings. The molecule has 0 radical (unpaired) electrons. The molecule has 6 nitrogen and oxygen atoms in total. The van der Waals surface area contributed by atoms with Gasteiger partial charge < -0.3 is 14.8 Å². The Balaban J connectivity index is 1.79. The van der Waals surface area contributed by atoms with Gasteiger partial charge in [-0.25, -0.2) is 4.79 Å². The average molecular weight is 385 g/mol. The summed E-state index contributed by atoms with van der Waals surface area (Å²) in [6, 6.07) is 13.8. The molecule has 138 valence electrons. The molecular weight excluding hydrogens is 368 g/mol. The molecule has 0 aromatic heterocycles. The first-order valence-electron chi connectivity index (χ1n) is 7.98. The van der Waals surface area contributed by atoms with Crippen LogP contribution in [0.1, 0.15) is 11.1 Å². The lowest BCUT2D eigenvalue weighted by Crippen LogP contribution is -2.20. The van der Waals surface area contributed by atoms with E-state index >= 15 is 0 Å². The van der Waals surface area contributed by atoms with Gasteiger partial charge in [0.25, 0.3) is 5.91 Å². The van der Waals surface area contributed by atoms with Crippen molar-refractivity contribution in [1.82, 2.24) is 0 Å². The number of halogens is 1. The number of ether oxygens (including phenoxy) is 2. The second kappa shape index (κ2) is 10.00. The molecule has 0 saturated heterocycles. The van der Waals surface area contributed by atoms with Crippen LogP contribution in [0.3, 0.4) is 0 Å². The van der Waals surface area contributed by atoms with Gasteiger partial charge in [0, 0.05) is 16.8 Å². The first kappa shape index (κ1) is 20.0. The first-order valence-corrected chi connectivity index (χ1v) is 8.36. The molecule has 1 N–H and O–H groups in total. The van der Waals surface area contributed by atoms with Gasteiger partial charge in [-0.1, -0.05) is 29.8 Å². The molecule has 2 aromatic carbocycles. The molecule has 0 aliphatic rings. The zero-order valence-electron chi connectivity index (χ0n) is 14.6. The third-order valence-electron chi connectivity index (χ3n) is 3.40. The van der Waals surface area contributed by atoms with E-state index in [-0.39, 0.29) is 6.61 Å². The Morgan fingerprint density at radius 2 is 1.96 bits per heavy atom. The largest absolute Gasteiger partial charge is 0.479 e. The summed E-state index contributed by atoms with van der Waals surface area (Å²) in [6.07, 6.45) is 2.77. The van der Waals surface area contributed by atoms with Crippen LogP contribution in [0.15, 0.2) is 48.5 Å². The van der Waals surface area contributed by atoms with E-state index in [1.807, 2.05) is 13.0 Å². The van der Waals surface area contributed by atoms with Crippen LogP contribution in [0.25, 0.3) is 6.08 Å². The number of nitriles is 1. The smallest absolute Gasteiger partial charge is 0.331 e. The van der Waals surface area contributed by atoms with Crippen molar-refractivity contribution < 1.29 is 19.1 Å². The summed E-state index contributed by atoms with van der Waals surface area (Å²) >= 11 is 5.99. The number of carbonyl (C=O) groups is 2. The van der Waals surface area contributed by atoms with Gasteiger partial charge in [0.2, 0.25) is 0 Å². The summed E-state index contributed by atoms with van der Waals surface area (Å²) in [6.45, 7) is 1.42. The van der Waals surface area contributed by atoms with E-state index in [1.165, 1.54) is 6.08 Å². The van der Waals surface area contributed by atoms with Gasteiger partial charge in [0.1, 0.15) is 11.8 Å². The number of hydrogen-bond acceptors (Lipinski definition) is 5. The fraction of sp³-hybridized carbons (Fsp3) is 0.150. The van der Waals surface area contributed by atoms with Crippen LogP contribution in [-0.4, -0.2) is 25.1 Å². The summed E-state index contributed by atoms with van der Waals surface area (Å²) in [5.41, 5.74) is 2.17. The summed E-state index contributed by atoms with van der Waals surface area (Å²) in [7, 11) is 0. The fourth-order valence-electron chi connectivity index (χ4n) is 2.01. The molecule has 0 spiro atoms. The highest BCUT2D eigenvalue weighted by atomic mass is 35.5. The van der Waals surface area contributed by atoms with Gasteiger partial charge in [0.05, 0.1) is 0 Å². The number of benzene rings is 2. The van der Waals surface area contributed by atoms with Gasteiger partial charge in [-0.05, 0) is 48.4 Å². The zero-order chi connectivity index (χ0) is 19.6.